The zero-order valence-electron chi connectivity index (χ0n) is 13.5. The average Bonchev–Trinajstić information content (AvgIpc) is 3.15. The Kier molecular flexibility index (Phi) is 3.10. The highest BCUT2D eigenvalue weighted by molar-refractivity contribution is 5.81. The van der Waals surface area contributed by atoms with Gasteiger partial charge in [0.05, 0.1) is 0 Å². The fourth-order valence-electron chi connectivity index (χ4n) is 4.41. The first-order chi connectivity index (χ1) is 11.3. The monoisotopic (exact) mass is 312 g/mol. The fourth-order valence-corrected chi connectivity index (χ4v) is 4.41. The van der Waals surface area contributed by atoms with Crippen molar-refractivity contribution in [3.8, 4) is 0 Å². The van der Waals surface area contributed by atoms with E-state index in [0.717, 1.165) is 44.8 Å². The van der Waals surface area contributed by atoms with Crippen LogP contribution in [0.2, 0.25) is 0 Å². The number of fused-ring (bicyclic) bond motifs is 1. The fraction of sp³-hybridized carbons (Fsp3) is 0.722. The molecule has 0 spiro atoms. The summed E-state index contributed by atoms with van der Waals surface area (Å²) in [6.45, 7) is 3.99. The third kappa shape index (κ3) is 2.41. The summed E-state index contributed by atoms with van der Waals surface area (Å²) >= 11 is 0. The number of carbonyl (C=O) groups excluding carboxylic acids is 1. The van der Waals surface area contributed by atoms with Crippen molar-refractivity contribution >= 4 is 11.7 Å². The Morgan fingerprint density at radius 3 is 2.35 bits per heavy atom. The lowest BCUT2D eigenvalue weighted by Gasteiger charge is -2.26. The first-order valence-electron chi connectivity index (χ1n) is 9.13. The van der Waals surface area contributed by atoms with Gasteiger partial charge in [-0.25, -0.2) is 9.97 Å². The molecule has 1 aromatic rings. The molecule has 5 rings (SSSR count). The number of carbonyl (C=O) groups is 1. The van der Waals surface area contributed by atoms with Gasteiger partial charge in [-0.05, 0) is 25.7 Å². The van der Waals surface area contributed by atoms with Gasteiger partial charge in [0.2, 0.25) is 5.91 Å². The zero-order valence-corrected chi connectivity index (χ0v) is 13.5. The van der Waals surface area contributed by atoms with Crippen molar-refractivity contribution < 1.29 is 4.79 Å². The minimum Gasteiger partial charge on any atom is -0.356 e. The van der Waals surface area contributed by atoms with Crippen LogP contribution in [0.3, 0.4) is 0 Å². The molecule has 3 heterocycles. The van der Waals surface area contributed by atoms with Crippen LogP contribution in [0, 0.1) is 17.8 Å². The molecule has 0 radical (unpaired) electrons. The van der Waals surface area contributed by atoms with Crippen LogP contribution in [0.4, 0.5) is 5.82 Å². The van der Waals surface area contributed by atoms with Crippen LogP contribution in [0.1, 0.15) is 43.7 Å². The van der Waals surface area contributed by atoms with Gasteiger partial charge >= 0.3 is 0 Å². The van der Waals surface area contributed by atoms with Crippen molar-refractivity contribution in [3.63, 3.8) is 0 Å². The third-order valence-corrected chi connectivity index (χ3v) is 6.25. The van der Waals surface area contributed by atoms with Gasteiger partial charge in [0.1, 0.15) is 12.1 Å². The minimum absolute atomic E-state index is 0.358. The standard InChI is InChI=1S/C18H24N4O/c23-18(13-4-5-13)22-9-14-7-21(8-15(14)10-22)17-6-16(19-11-20-17)12-2-1-3-12/h6,11-15H,1-5,7-10H2. The van der Waals surface area contributed by atoms with Gasteiger partial charge in [-0.2, -0.15) is 0 Å². The maximum absolute atomic E-state index is 12.2. The second-order valence-corrected chi connectivity index (χ2v) is 7.87. The molecule has 23 heavy (non-hydrogen) atoms. The molecule has 4 aliphatic rings. The summed E-state index contributed by atoms with van der Waals surface area (Å²) in [4.78, 5) is 25.8. The number of likely N-dealkylation sites (tertiary alicyclic amines) is 1. The molecule has 2 saturated heterocycles. The van der Waals surface area contributed by atoms with Gasteiger partial charge in [-0.3, -0.25) is 4.79 Å². The number of aromatic nitrogens is 2. The van der Waals surface area contributed by atoms with Crippen LogP contribution < -0.4 is 4.90 Å². The number of amides is 1. The lowest BCUT2D eigenvalue weighted by Crippen LogP contribution is -2.34. The van der Waals surface area contributed by atoms with E-state index in [1.165, 1.54) is 25.0 Å². The number of hydrogen-bond acceptors (Lipinski definition) is 4. The molecule has 0 N–H and O–H groups in total. The maximum atomic E-state index is 12.2. The van der Waals surface area contributed by atoms with Gasteiger partial charge in [0, 0.05) is 61.6 Å². The second-order valence-electron chi connectivity index (χ2n) is 7.87. The van der Waals surface area contributed by atoms with E-state index in [0.29, 0.717) is 29.6 Å². The summed E-state index contributed by atoms with van der Waals surface area (Å²) in [7, 11) is 0. The topological polar surface area (TPSA) is 49.3 Å². The van der Waals surface area contributed by atoms with Crippen LogP contribution in [0.25, 0.3) is 0 Å². The first kappa shape index (κ1) is 13.8. The summed E-state index contributed by atoms with van der Waals surface area (Å²) in [6, 6.07) is 2.21. The molecule has 1 amide bonds. The van der Waals surface area contributed by atoms with Gasteiger partial charge in [-0.1, -0.05) is 6.42 Å². The quantitative estimate of drug-likeness (QED) is 0.857. The lowest BCUT2D eigenvalue weighted by molar-refractivity contribution is -0.131. The van der Waals surface area contributed by atoms with Crippen molar-refractivity contribution in [2.24, 2.45) is 17.8 Å². The summed E-state index contributed by atoms with van der Waals surface area (Å²) in [6.07, 6.45) is 7.85. The van der Waals surface area contributed by atoms with E-state index in [4.69, 9.17) is 0 Å². The van der Waals surface area contributed by atoms with E-state index < -0.39 is 0 Å². The highest BCUT2D eigenvalue weighted by atomic mass is 16.2. The molecule has 5 nitrogen and oxygen atoms in total. The molecule has 1 aromatic heterocycles. The number of anilines is 1. The number of rotatable bonds is 3. The molecule has 5 heteroatoms. The van der Waals surface area contributed by atoms with Crippen molar-refractivity contribution in [1.82, 2.24) is 14.9 Å². The van der Waals surface area contributed by atoms with Gasteiger partial charge in [0.15, 0.2) is 0 Å². The molecule has 122 valence electrons. The smallest absolute Gasteiger partial charge is 0.225 e. The molecule has 2 aliphatic heterocycles. The SMILES string of the molecule is O=C(C1CC1)N1CC2CN(c3cc(C4CCC4)ncn3)CC2C1. The number of nitrogens with zero attached hydrogens (tertiary/aromatic N) is 4. The largest absolute Gasteiger partial charge is 0.356 e. The molecule has 2 unspecified atom stereocenters. The average molecular weight is 312 g/mol. The molecule has 2 saturated carbocycles. The van der Waals surface area contributed by atoms with E-state index in [-0.39, 0.29) is 0 Å². The Hall–Kier alpha value is -1.65. The Labute approximate surface area is 137 Å². The summed E-state index contributed by atoms with van der Waals surface area (Å²) in [5, 5.41) is 0. The Bertz CT molecular complexity index is 611. The van der Waals surface area contributed by atoms with Crippen molar-refractivity contribution in [2.45, 2.75) is 38.0 Å². The molecule has 0 bridgehead atoms. The van der Waals surface area contributed by atoms with E-state index in [1.807, 2.05) is 0 Å². The molecular formula is C18H24N4O. The predicted octanol–water partition coefficient (Wildman–Crippen LogP) is 2.05. The zero-order chi connectivity index (χ0) is 15.4. The van der Waals surface area contributed by atoms with Crippen molar-refractivity contribution in [1.29, 1.82) is 0 Å². The van der Waals surface area contributed by atoms with E-state index in [1.54, 1.807) is 6.33 Å². The van der Waals surface area contributed by atoms with Gasteiger partial charge < -0.3 is 9.80 Å². The molecule has 0 aromatic carbocycles. The minimum atomic E-state index is 0.358. The predicted molar refractivity (Wildman–Crippen MR) is 87.1 cm³/mol. The van der Waals surface area contributed by atoms with Crippen LogP contribution in [0.5, 0.6) is 0 Å². The Balaban J connectivity index is 1.26. The first-order valence-corrected chi connectivity index (χ1v) is 9.13. The Morgan fingerprint density at radius 1 is 1.00 bits per heavy atom. The maximum Gasteiger partial charge on any atom is 0.225 e. The molecular weight excluding hydrogens is 288 g/mol. The van der Waals surface area contributed by atoms with Crippen molar-refractivity contribution in [3.05, 3.63) is 18.1 Å². The molecule has 2 atom stereocenters. The Morgan fingerprint density at radius 2 is 1.74 bits per heavy atom. The van der Waals surface area contributed by atoms with Crippen LogP contribution >= 0.6 is 0 Å². The second kappa shape index (κ2) is 5.18. The molecule has 4 fully saturated rings. The summed E-state index contributed by atoms with van der Waals surface area (Å²) in [5.41, 5.74) is 1.23. The highest BCUT2D eigenvalue weighted by Gasteiger charge is 2.44. The number of hydrogen-bond donors (Lipinski definition) is 0. The van der Waals surface area contributed by atoms with Crippen LogP contribution in [0.15, 0.2) is 12.4 Å². The van der Waals surface area contributed by atoms with Crippen LogP contribution in [-0.4, -0.2) is 47.0 Å². The summed E-state index contributed by atoms with van der Waals surface area (Å²) < 4.78 is 0. The lowest BCUT2D eigenvalue weighted by atomic mass is 9.83. The van der Waals surface area contributed by atoms with E-state index in [9.17, 15) is 4.79 Å². The van der Waals surface area contributed by atoms with Gasteiger partial charge in [-0.15, -0.1) is 0 Å². The van der Waals surface area contributed by atoms with E-state index >= 15 is 0 Å². The third-order valence-electron chi connectivity index (χ3n) is 6.25. The van der Waals surface area contributed by atoms with Crippen molar-refractivity contribution in [2.75, 3.05) is 31.1 Å². The van der Waals surface area contributed by atoms with Crippen LogP contribution in [-0.2, 0) is 4.79 Å². The van der Waals surface area contributed by atoms with Gasteiger partial charge in [0.25, 0.3) is 0 Å². The van der Waals surface area contributed by atoms with E-state index in [2.05, 4.69) is 25.8 Å². The highest BCUT2D eigenvalue weighted by Crippen LogP contribution is 2.39. The normalized spacial score (nSPS) is 30.4. The molecule has 2 aliphatic carbocycles. The summed E-state index contributed by atoms with van der Waals surface area (Å²) in [5.74, 6) is 3.78.